The summed E-state index contributed by atoms with van der Waals surface area (Å²) in [5, 5.41) is 8.35. The molecule has 0 spiro atoms. The summed E-state index contributed by atoms with van der Waals surface area (Å²) in [7, 11) is 0. The largest absolute Gasteiger partial charge is 0.465 e. The van der Waals surface area contributed by atoms with Crippen molar-refractivity contribution in [2.45, 2.75) is 25.2 Å². The Kier molecular flexibility index (Phi) is 2.12. The van der Waals surface area contributed by atoms with Gasteiger partial charge in [0.2, 0.25) is 0 Å². The lowest BCUT2D eigenvalue weighted by Gasteiger charge is -2.11. The summed E-state index contributed by atoms with van der Waals surface area (Å²) in [6.07, 6.45) is 4.62. The highest BCUT2D eigenvalue weighted by molar-refractivity contribution is 5.88. The Morgan fingerprint density at radius 3 is 3.05 bits per heavy atom. The van der Waals surface area contributed by atoms with E-state index in [0.717, 1.165) is 12.8 Å². The second-order valence-corrected chi connectivity index (χ2v) is 4.87. The first kappa shape index (κ1) is 11.3. The molecule has 3 heterocycles. The molecule has 102 valence electrons. The zero-order chi connectivity index (χ0) is 13.7. The third-order valence-electron chi connectivity index (χ3n) is 3.68. The summed E-state index contributed by atoms with van der Waals surface area (Å²) >= 11 is 0. The molecule has 1 saturated carbocycles. The van der Waals surface area contributed by atoms with Crippen molar-refractivity contribution in [1.29, 1.82) is 0 Å². The maximum absolute atomic E-state index is 12.1. The van der Waals surface area contributed by atoms with Gasteiger partial charge in [-0.2, -0.15) is 0 Å². The highest BCUT2D eigenvalue weighted by atomic mass is 16.5. The Balaban J connectivity index is 1.91. The SMILES string of the molecule is CCOC(=O)C1(c2nnc3c4[nH]cnc4ncn23)CC1. The smallest absolute Gasteiger partial charge is 0.319 e. The van der Waals surface area contributed by atoms with Gasteiger partial charge in [-0.3, -0.25) is 9.20 Å². The number of hydrogen-bond acceptors (Lipinski definition) is 6. The molecule has 1 fully saturated rings. The van der Waals surface area contributed by atoms with Crippen molar-refractivity contribution in [2.75, 3.05) is 6.61 Å². The number of esters is 1. The number of aromatic nitrogens is 6. The van der Waals surface area contributed by atoms with Crippen LogP contribution in [0.25, 0.3) is 16.8 Å². The Labute approximate surface area is 113 Å². The fourth-order valence-electron chi connectivity index (χ4n) is 2.47. The zero-order valence-corrected chi connectivity index (χ0v) is 10.8. The average Bonchev–Trinajstić information content (AvgIpc) is 2.93. The minimum Gasteiger partial charge on any atom is -0.465 e. The molecule has 0 atom stereocenters. The second-order valence-electron chi connectivity index (χ2n) is 4.87. The van der Waals surface area contributed by atoms with Crippen molar-refractivity contribution in [1.82, 2.24) is 29.5 Å². The van der Waals surface area contributed by atoms with E-state index in [2.05, 4.69) is 25.1 Å². The van der Waals surface area contributed by atoms with E-state index >= 15 is 0 Å². The van der Waals surface area contributed by atoms with Crippen LogP contribution in [0, 0.1) is 0 Å². The van der Waals surface area contributed by atoms with Crippen LogP contribution in [0.1, 0.15) is 25.6 Å². The van der Waals surface area contributed by atoms with Gasteiger partial charge in [0.1, 0.15) is 17.3 Å². The molecule has 3 aromatic rings. The number of H-pyrrole nitrogens is 1. The molecule has 0 aromatic carbocycles. The molecule has 0 aliphatic heterocycles. The molecule has 0 bridgehead atoms. The van der Waals surface area contributed by atoms with E-state index in [4.69, 9.17) is 4.74 Å². The summed E-state index contributed by atoms with van der Waals surface area (Å²) < 4.78 is 6.89. The lowest BCUT2D eigenvalue weighted by Crippen LogP contribution is -2.25. The van der Waals surface area contributed by atoms with Gasteiger partial charge >= 0.3 is 5.97 Å². The highest BCUT2D eigenvalue weighted by Crippen LogP contribution is 2.48. The van der Waals surface area contributed by atoms with E-state index in [-0.39, 0.29) is 5.97 Å². The van der Waals surface area contributed by atoms with E-state index < -0.39 is 5.41 Å². The monoisotopic (exact) mass is 272 g/mol. The Hall–Kier alpha value is -2.51. The molecule has 8 nitrogen and oxygen atoms in total. The van der Waals surface area contributed by atoms with Gasteiger partial charge in [-0.05, 0) is 19.8 Å². The third kappa shape index (κ3) is 1.33. The highest BCUT2D eigenvalue weighted by Gasteiger charge is 2.56. The summed E-state index contributed by atoms with van der Waals surface area (Å²) in [4.78, 5) is 23.4. The number of carbonyl (C=O) groups excluding carboxylic acids is 1. The van der Waals surface area contributed by atoms with Crippen LogP contribution in [-0.2, 0) is 14.9 Å². The van der Waals surface area contributed by atoms with Crippen LogP contribution < -0.4 is 0 Å². The van der Waals surface area contributed by atoms with Gasteiger partial charge in [-0.1, -0.05) is 0 Å². The van der Waals surface area contributed by atoms with Gasteiger partial charge < -0.3 is 9.72 Å². The van der Waals surface area contributed by atoms with Gasteiger partial charge in [0.25, 0.3) is 0 Å². The lowest BCUT2D eigenvalue weighted by atomic mass is 10.1. The number of nitrogens with one attached hydrogen (secondary N) is 1. The Morgan fingerprint density at radius 1 is 1.45 bits per heavy atom. The van der Waals surface area contributed by atoms with Crippen molar-refractivity contribution in [3.8, 4) is 0 Å². The van der Waals surface area contributed by atoms with Crippen LogP contribution in [-0.4, -0.2) is 42.1 Å². The molecular formula is C12H12N6O2. The number of hydrogen-bond donors (Lipinski definition) is 1. The summed E-state index contributed by atoms with van der Waals surface area (Å²) in [6.45, 7) is 2.16. The molecular weight excluding hydrogens is 260 g/mol. The second kappa shape index (κ2) is 3.75. The molecule has 8 heteroatoms. The molecule has 3 aromatic heterocycles. The minimum absolute atomic E-state index is 0.237. The number of rotatable bonds is 3. The molecule has 20 heavy (non-hydrogen) atoms. The molecule has 0 unspecified atom stereocenters. The van der Waals surface area contributed by atoms with Gasteiger partial charge in [-0.25, -0.2) is 9.97 Å². The van der Waals surface area contributed by atoms with Crippen LogP contribution in [0.2, 0.25) is 0 Å². The topological polar surface area (TPSA) is 98.1 Å². The first-order chi connectivity index (χ1) is 9.76. The number of carbonyl (C=O) groups is 1. The van der Waals surface area contributed by atoms with Crippen molar-refractivity contribution in [3.63, 3.8) is 0 Å². The number of fused-ring (bicyclic) bond motifs is 3. The quantitative estimate of drug-likeness (QED) is 0.701. The van der Waals surface area contributed by atoms with Gasteiger partial charge in [0.15, 0.2) is 17.1 Å². The molecule has 0 saturated heterocycles. The standard InChI is InChI=1S/C12H12N6O2/c1-2-20-11(19)12(3-4-12)10-17-16-9-7-8(14-5-13-7)15-6-18(9)10/h5-6H,2-4H2,1H3,(H,13,14). The van der Waals surface area contributed by atoms with E-state index in [1.54, 1.807) is 24.0 Å². The van der Waals surface area contributed by atoms with Crippen LogP contribution in [0.5, 0.6) is 0 Å². The van der Waals surface area contributed by atoms with E-state index in [9.17, 15) is 4.79 Å². The third-order valence-corrected chi connectivity index (χ3v) is 3.68. The van der Waals surface area contributed by atoms with E-state index in [1.807, 2.05) is 0 Å². The molecule has 0 radical (unpaired) electrons. The van der Waals surface area contributed by atoms with Crippen LogP contribution in [0.3, 0.4) is 0 Å². The van der Waals surface area contributed by atoms with Crippen molar-refractivity contribution >= 4 is 22.8 Å². The number of ether oxygens (including phenoxy) is 1. The van der Waals surface area contributed by atoms with Crippen LogP contribution >= 0.6 is 0 Å². The predicted octanol–water partition coefficient (Wildman–Crippen LogP) is 0.595. The van der Waals surface area contributed by atoms with E-state index in [0.29, 0.717) is 29.2 Å². The fourth-order valence-corrected chi connectivity index (χ4v) is 2.47. The number of aromatic amines is 1. The number of nitrogens with zero attached hydrogens (tertiary/aromatic N) is 5. The van der Waals surface area contributed by atoms with E-state index in [1.165, 1.54) is 0 Å². The molecule has 4 rings (SSSR count). The van der Waals surface area contributed by atoms with Gasteiger partial charge in [0, 0.05) is 0 Å². The van der Waals surface area contributed by atoms with Crippen molar-refractivity contribution < 1.29 is 9.53 Å². The lowest BCUT2D eigenvalue weighted by molar-refractivity contribution is -0.146. The maximum atomic E-state index is 12.1. The fraction of sp³-hybridized carbons (Fsp3) is 0.417. The average molecular weight is 272 g/mol. The molecule has 1 aliphatic carbocycles. The molecule has 1 aliphatic rings. The first-order valence-corrected chi connectivity index (χ1v) is 6.47. The van der Waals surface area contributed by atoms with Crippen molar-refractivity contribution in [2.24, 2.45) is 0 Å². The van der Waals surface area contributed by atoms with Crippen LogP contribution in [0.4, 0.5) is 0 Å². The first-order valence-electron chi connectivity index (χ1n) is 6.47. The summed E-state index contributed by atoms with van der Waals surface area (Å²) in [5.41, 5.74) is 1.26. The normalized spacial score (nSPS) is 16.6. The zero-order valence-electron chi connectivity index (χ0n) is 10.8. The maximum Gasteiger partial charge on any atom is 0.319 e. The molecule has 0 amide bonds. The van der Waals surface area contributed by atoms with Crippen LogP contribution in [0.15, 0.2) is 12.7 Å². The Bertz CT molecular complexity index is 816. The minimum atomic E-state index is -0.662. The summed E-state index contributed by atoms with van der Waals surface area (Å²) in [5.74, 6) is 0.356. The van der Waals surface area contributed by atoms with Gasteiger partial charge in [0.05, 0.1) is 12.9 Å². The van der Waals surface area contributed by atoms with Crippen molar-refractivity contribution in [3.05, 3.63) is 18.5 Å². The van der Waals surface area contributed by atoms with Gasteiger partial charge in [-0.15, -0.1) is 10.2 Å². The Morgan fingerprint density at radius 2 is 2.30 bits per heavy atom. The summed E-state index contributed by atoms with van der Waals surface area (Å²) in [6, 6.07) is 0. The number of imidazole rings is 1. The molecule has 1 N–H and O–H groups in total. The predicted molar refractivity (Wildman–Crippen MR) is 68.0 cm³/mol.